The average Bonchev–Trinajstić information content (AvgIpc) is 2.51. The third-order valence-corrected chi connectivity index (χ3v) is 2.52. The van der Waals surface area contributed by atoms with Crippen LogP contribution in [0.25, 0.3) is 0 Å². The number of hydrogen-bond acceptors (Lipinski definition) is 3. The molecule has 0 aromatic rings. The molecule has 1 saturated heterocycles. The first-order chi connectivity index (χ1) is 6.18. The lowest BCUT2D eigenvalue weighted by atomic mass is 9.88. The Labute approximate surface area is 80.8 Å². The number of rotatable bonds is 5. The monoisotopic (exact) mass is 187 g/mol. The fourth-order valence-corrected chi connectivity index (χ4v) is 1.68. The molecule has 0 aromatic heterocycles. The highest BCUT2D eigenvalue weighted by molar-refractivity contribution is 4.85. The molecule has 0 saturated carbocycles. The molecule has 0 bridgehead atoms. The second-order valence-electron chi connectivity index (χ2n) is 4.27. The van der Waals surface area contributed by atoms with Crippen molar-refractivity contribution in [3.8, 4) is 0 Å². The van der Waals surface area contributed by atoms with Gasteiger partial charge in [0, 0.05) is 31.7 Å². The quantitative estimate of drug-likeness (QED) is 0.697. The van der Waals surface area contributed by atoms with E-state index in [1.165, 1.54) is 0 Å². The second-order valence-corrected chi connectivity index (χ2v) is 4.27. The SMILES string of the molecule is COCC1(CNC(C)C)CCOC1. The average molecular weight is 187 g/mol. The fraction of sp³-hybridized carbons (Fsp3) is 1.00. The summed E-state index contributed by atoms with van der Waals surface area (Å²) in [5, 5.41) is 3.45. The van der Waals surface area contributed by atoms with Gasteiger partial charge in [-0.25, -0.2) is 0 Å². The molecule has 0 aliphatic carbocycles. The van der Waals surface area contributed by atoms with Crippen molar-refractivity contribution in [2.75, 3.05) is 33.5 Å². The van der Waals surface area contributed by atoms with E-state index < -0.39 is 0 Å². The highest BCUT2D eigenvalue weighted by Crippen LogP contribution is 2.28. The number of methoxy groups -OCH3 is 1. The van der Waals surface area contributed by atoms with Crippen molar-refractivity contribution >= 4 is 0 Å². The van der Waals surface area contributed by atoms with Crippen LogP contribution in [0, 0.1) is 5.41 Å². The first-order valence-electron chi connectivity index (χ1n) is 4.99. The van der Waals surface area contributed by atoms with Gasteiger partial charge in [-0.1, -0.05) is 13.8 Å². The molecule has 1 atom stereocenters. The predicted octanol–water partition coefficient (Wildman–Crippen LogP) is 1.04. The summed E-state index contributed by atoms with van der Waals surface area (Å²) in [6, 6.07) is 0.536. The van der Waals surface area contributed by atoms with Crippen molar-refractivity contribution in [2.24, 2.45) is 5.41 Å². The Morgan fingerprint density at radius 1 is 1.54 bits per heavy atom. The summed E-state index contributed by atoms with van der Waals surface area (Å²) in [5.74, 6) is 0. The summed E-state index contributed by atoms with van der Waals surface area (Å²) < 4.78 is 10.7. The fourth-order valence-electron chi connectivity index (χ4n) is 1.68. The highest BCUT2D eigenvalue weighted by atomic mass is 16.5. The zero-order valence-electron chi connectivity index (χ0n) is 8.93. The van der Waals surface area contributed by atoms with Crippen LogP contribution >= 0.6 is 0 Å². The Morgan fingerprint density at radius 2 is 2.31 bits per heavy atom. The minimum absolute atomic E-state index is 0.221. The summed E-state index contributed by atoms with van der Waals surface area (Å²) in [6.07, 6.45) is 1.11. The maximum absolute atomic E-state index is 5.43. The number of nitrogens with one attached hydrogen (secondary N) is 1. The van der Waals surface area contributed by atoms with Gasteiger partial charge in [-0.3, -0.25) is 0 Å². The van der Waals surface area contributed by atoms with Crippen LogP contribution in [0.4, 0.5) is 0 Å². The largest absolute Gasteiger partial charge is 0.384 e. The van der Waals surface area contributed by atoms with Crippen LogP contribution in [0.2, 0.25) is 0 Å². The zero-order chi connectivity index (χ0) is 9.73. The van der Waals surface area contributed by atoms with E-state index in [0.29, 0.717) is 6.04 Å². The molecule has 0 amide bonds. The van der Waals surface area contributed by atoms with Crippen LogP contribution in [0.5, 0.6) is 0 Å². The zero-order valence-corrected chi connectivity index (χ0v) is 8.93. The maximum atomic E-state index is 5.43. The summed E-state index contributed by atoms with van der Waals surface area (Å²) in [4.78, 5) is 0. The molecule has 1 aliphatic rings. The van der Waals surface area contributed by atoms with E-state index in [-0.39, 0.29) is 5.41 Å². The van der Waals surface area contributed by atoms with Crippen molar-refractivity contribution in [3.05, 3.63) is 0 Å². The first-order valence-corrected chi connectivity index (χ1v) is 4.99. The second kappa shape index (κ2) is 4.94. The molecule has 13 heavy (non-hydrogen) atoms. The maximum Gasteiger partial charge on any atom is 0.0557 e. The molecule has 0 radical (unpaired) electrons. The summed E-state index contributed by atoms with van der Waals surface area (Å²) in [6.45, 7) is 7.83. The molecular weight excluding hydrogens is 166 g/mol. The van der Waals surface area contributed by atoms with Crippen molar-refractivity contribution in [2.45, 2.75) is 26.3 Å². The molecule has 3 heteroatoms. The van der Waals surface area contributed by atoms with Gasteiger partial charge >= 0.3 is 0 Å². The molecule has 1 aliphatic heterocycles. The topological polar surface area (TPSA) is 30.5 Å². The normalized spacial score (nSPS) is 28.6. The molecule has 1 fully saturated rings. The van der Waals surface area contributed by atoms with Gasteiger partial charge in [-0.05, 0) is 6.42 Å². The van der Waals surface area contributed by atoms with Crippen LogP contribution in [0.1, 0.15) is 20.3 Å². The van der Waals surface area contributed by atoms with Crippen molar-refractivity contribution in [1.82, 2.24) is 5.32 Å². The Morgan fingerprint density at radius 3 is 2.77 bits per heavy atom. The lowest BCUT2D eigenvalue weighted by Gasteiger charge is -2.27. The molecule has 1 rings (SSSR count). The predicted molar refractivity (Wildman–Crippen MR) is 52.9 cm³/mol. The Bertz CT molecular complexity index is 142. The van der Waals surface area contributed by atoms with Crippen molar-refractivity contribution in [1.29, 1.82) is 0 Å². The van der Waals surface area contributed by atoms with Gasteiger partial charge in [-0.15, -0.1) is 0 Å². The van der Waals surface area contributed by atoms with E-state index in [2.05, 4.69) is 19.2 Å². The van der Waals surface area contributed by atoms with Gasteiger partial charge < -0.3 is 14.8 Å². The van der Waals surface area contributed by atoms with Crippen LogP contribution < -0.4 is 5.32 Å². The van der Waals surface area contributed by atoms with Gasteiger partial charge in [0.25, 0.3) is 0 Å². The van der Waals surface area contributed by atoms with E-state index in [1.54, 1.807) is 7.11 Å². The molecule has 1 N–H and O–H groups in total. The minimum atomic E-state index is 0.221. The van der Waals surface area contributed by atoms with Gasteiger partial charge in [0.2, 0.25) is 0 Å². The van der Waals surface area contributed by atoms with E-state index in [1.807, 2.05) is 0 Å². The highest BCUT2D eigenvalue weighted by Gasteiger charge is 2.34. The molecule has 1 heterocycles. The van der Waals surface area contributed by atoms with Crippen LogP contribution in [-0.4, -0.2) is 39.5 Å². The third kappa shape index (κ3) is 3.25. The van der Waals surface area contributed by atoms with Crippen LogP contribution in [0.15, 0.2) is 0 Å². The molecule has 3 nitrogen and oxygen atoms in total. The van der Waals surface area contributed by atoms with E-state index in [4.69, 9.17) is 9.47 Å². The summed E-state index contributed by atoms with van der Waals surface area (Å²) in [7, 11) is 1.76. The molecule has 0 spiro atoms. The van der Waals surface area contributed by atoms with Gasteiger partial charge in [0.15, 0.2) is 0 Å². The third-order valence-electron chi connectivity index (χ3n) is 2.52. The lowest BCUT2D eigenvalue weighted by molar-refractivity contribution is 0.0613. The van der Waals surface area contributed by atoms with E-state index in [9.17, 15) is 0 Å². The van der Waals surface area contributed by atoms with E-state index >= 15 is 0 Å². The number of hydrogen-bond donors (Lipinski definition) is 1. The Hall–Kier alpha value is -0.120. The molecule has 78 valence electrons. The molecular formula is C10H21NO2. The summed E-state index contributed by atoms with van der Waals surface area (Å²) in [5.41, 5.74) is 0.221. The standard InChI is InChI=1S/C10H21NO2/c1-9(2)11-6-10(7-12-3)4-5-13-8-10/h9,11H,4-8H2,1-3H3. The molecule has 0 aromatic carbocycles. The van der Waals surface area contributed by atoms with E-state index in [0.717, 1.165) is 32.8 Å². The van der Waals surface area contributed by atoms with Crippen LogP contribution in [0.3, 0.4) is 0 Å². The Balaban J connectivity index is 2.37. The lowest BCUT2D eigenvalue weighted by Crippen LogP contribution is -2.41. The van der Waals surface area contributed by atoms with Crippen LogP contribution in [-0.2, 0) is 9.47 Å². The minimum Gasteiger partial charge on any atom is -0.384 e. The smallest absolute Gasteiger partial charge is 0.0557 e. The molecule has 1 unspecified atom stereocenters. The van der Waals surface area contributed by atoms with Gasteiger partial charge in [-0.2, -0.15) is 0 Å². The number of ether oxygens (including phenoxy) is 2. The van der Waals surface area contributed by atoms with Gasteiger partial charge in [0.1, 0.15) is 0 Å². The van der Waals surface area contributed by atoms with Crippen molar-refractivity contribution in [3.63, 3.8) is 0 Å². The van der Waals surface area contributed by atoms with Gasteiger partial charge in [0.05, 0.1) is 13.2 Å². The summed E-state index contributed by atoms with van der Waals surface area (Å²) >= 11 is 0. The Kier molecular flexibility index (Phi) is 4.16. The first kappa shape index (κ1) is 11.0. The van der Waals surface area contributed by atoms with Crippen molar-refractivity contribution < 1.29 is 9.47 Å².